The minimum Gasteiger partial charge on any atom is -0.478 e. The summed E-state index contributed by atoms with van der Waals surface area (Å²) >= 11 is 0. The van der Waals surface area contributed by atoms with Crippen LogP contribution in [0, 0.1) is 5.92 Å². The van der Waals surface area contributed by atoms with Gasteiger partial charge in [-0.05, 0) is 37.6 Å². The molecule has 0 radical (unpaired) electrons. The molecule has 9 heteroatoms. The Balaban J connectivity index is 1.60. The lowest BCUT2D eigenvalue weighted by molar-refractivity contribution is -0.134. The highest BCUT2D eigenvalue weighted by Crippen LogP contribution is 2.35. The topological polar surface area (TPSA) is 104 Å². The van der Waals surface area contributed by atoms with Crippen molar-refractivity contribution >= 4 is 21.9 Å². The summed E-state index contributed by atoms with van der Waals surface area (Å²) in [6.45, 7) is 3.62. The third kappa shape index (κ3) is 3.74. The standard InChI is InChI=1S/C17H22N2O6S/c1-2-25-15-11-14(15)16(20)18-7-9-19(10-8-18)26(23,24)13-5-3-12(4-6-13)17(21)22/h3-6,14-15H,2,7-11H2,1H3,(H,21,22). The number of rotatable bonds is 6. The molecule has 1 saturated carbocycles. The first-order valence-corrected chi connectivity index (χ1v) is 10.0. The summed E-state index contributed by atoms with van der Waals surface area (Å²) in [5.74, 6) is -1.17. The lowest BCUT2D eigenvalue weighted by Gasteiger charge is -2.34. The van der Waals surface area contributed by atoms with Gasteiger partial charge in [-0.15, -0.1) is 0 Å². The summed E-state index contributed by atoms with van der Waals surface area (Å²) < 4.78 is 32.1. The van der Waals surface area contributed by atoms with Gasteiger partial charge < -0.3 is 14.7 Å². The van der Waals surface area contributed by atoms with Crippen LogP contribution in [-0.4, -0.2) is 73.5 Å². The van der Waals surface area contributed by atoms with Gasteiger partial charge in [0.1, 0.15) is 0 Å². The SMILES string of the molecule is CCOC1CC1C(=O)N1CCN(S(=O)(=O)c2ccc(C(=O)O)cc2)CC1. The van der Waals surface area contributed by atoms with E-state index in [-0.39, 0.29) is 41.5 Å². The first-order chi connectivity index (χ1) is 12.3. The first-order valence-electron chi connectivity index (χ1n) is 8.58. The van der Waals surface area contributed by atoms with E-state index in [4.69, 9.17) is 9.84 Å². The summed E-state index contributed by atoms with van der Waals surface area (Å²) in [5.41, 5.74) is 0.0349. The van der Waals surface area contributed by atoms with Crippen LogP contribution in [-0.2, 0) is 19.6 Å². The van der Waals surface area contributed by atoms with Crippen molar-refractivity contribution in [1.29, 1.82) is 0 Å². The number of carboxylic acids is 1. The van der Waals surface area contributed by atoms with Crippen LogP contribution in [0.5, 0.6) is 0 Å². The number of hydrogen-bond donors (Lipinski definition) is 1. The molecule has 1 aliphatic heterocycles. The molecule has 2 fully saturated rings. The third-order valence-electron chi connectivity index (χ3n) is 4.72. The molecule has 1 aromatic rings. The van der Waals surface area contributed by atoms with Crippen LogP contribution in [0.3, 0.4) is 0 Å². The van der Waals surface area contributed by atoms with Gasteiger partial charge >= 0.3 is 5.97 Å². The maximum atomic E-state index is 12.7. The summed E-state index contributed by atoms with van der Waals surface area (Å²) in [6, 6.07) is 5.15. The molecule has 3 rings (SSSR count). The fraction of sp³-hybridized carbons (Fsp3) is 0.529. The van der Waals surface area contributed by atoms with E-state index in [0.717, 1.165) is 6.42 Å². The molecule has 0 spiro atoms. The monoisotopic (exact) mass is 382 g/mol. The highest BCUT2D eigenvalue weighted by Gasteiger charge is 2.46. The molecular formula is C17H22N2O6S. The normalized spacial score (nSPS) is 23.7. The number of hydrogen-bond acceptors (Lipinski definition) is 5. The van der Waals surface area contributed by atoms with E-state index in [0.29, 0.717) is 19.7 Å². The molecule has 1 amide bonds. The highest BCUT2D eigenvalue weighted by atomic mass is 32.2. The van der Waals surface area contributed by atoms with Gasteiger partial charge in [0.2, 0.25) is 15.9 Å². The fourth-order valence-electron chi connectivity index (χ4n) is 3.13. The fourth-order valence-corrected chi connectivity index (χ4v) is 4.55. The number of ether oxygens (including phenoxy) is 1. The van der Waals surface area contributed by atoms with Crippen LogP contribution in [0.25, 0.3) is 0 Å². The van der Waals surface area contributed by atoms with Crippen molar-refractivity contribution in [3.63, 3.8) is 0 Å². The van der Waals surface area contributed by atoms with Gasteiger partial charge in [0, 0.05) is 32.8 Å². The predicted octanol–water partition coefficient (Wildman–Crippen LogP) is 0.643. The summed E-state index contributed by atoms with van der Waals surface area (Å²) in [7, 11) is -3.70. The molecule has 2 unspecified atom stereocenters. The molecule has 1 heterocycles. The number of nitrogens with zero attached hydrogens (tertiary/aromatic N) is 2. The molecule has 1 aliphatic carbocycles. The number of carboxylic acid groups (broad SMARTS) is 1. The Morgan fingerprint density at radius 3 is 2.31 bits per heavy atom. The molecule has 2 aliphatic rings. The number of sulfonamides is 1. The molecule has 0 bridgehead atoms. The van der Waals surface area contributed by atoms with Crippen molar-refractivity contribution < 1.29 is 27.9 Å². The number of aromatic carboxylic acids is 1. The number of benzene rings is 1. The second kappa shape index (κ2) is 7.34. The summed E-state index contributed by atoms with van der Waals surface area (Å²) in [4.78, 5) is 25.0. The Bertz CT molecular complexity index is 784. The van der Waals surface area contributed by atoms with Gasteiger partial charge in [0.05, 0.1) is 22.5 Å². The quantitative estimate of drug-likeness (QED) is 0.774. The molecule has 1 N–H and O–H groups in total. The maximum absolute atomic E-state index is 12.7. The van der Waals surface area contributed by atoms with Crippen molar-refractivity contribution in [3.8, 4) is 0 Å². The van der Waals surface area contributed by atoms with Crippen LogP contribution in [0.1, 0.15) is 23.7 Å². The van der Waals surface area contributed by atoms with Gasteiger partial charge in [0.25, 0.3) is 0 Å². The van der Waals surface area contributed by atoms with Crippen LogP contribution in [0.4, 0.5) is 0 Å². The lowest BCUT2D eigenvalue weighted by atomic mass is 10.2. The van der Waals surface area contributed by atoms with Crippen molar-refractivity contribution in [2.24, 2.45) is 5.92 Å². The van der Waals surface area contributed by atoms with E-state index in [2.05, 4.69) is 0 Å². The Labute approximate surface area is 152 Å². The summed E-state index contributed by atoms with van der Waals surface area (Å²) in [5, 5.41) is 8.90. The minimum absolute atomic E-state index is 0.00186. The van der Waals surface area contributed by atoms with Crippen molar-refractivity contribution in [1.82, 2.24) is 9.21 Å². The van der Waals surface area contributed by atoms with E-state index in [1.54, 1.807) is 4.90 Å². The highest BCUT2D eigenvalue weighted by molar-refractivity contribution is 7.89. The van der Waals surface area contributed by atoms with Crippen LogP contribution in [0.2, 0.25) is 0 Å². The van der Waals surface area contributed by atoms with E-state index in [1.807, 2.05) is 6.92 Å². The largest absolute Gasteiger partial charge is 0.478 e. The van der Waals surface area contributed by atoms with E-state index in [1.165, 1.54) is 28.6 Å². The van der Waals surface area contributed by atoms with Crippen molar-refractivity contribution in [3.05, 3.63) is 29.8 Å². The second-order valence-corrected chi connectivity index (χ2v) is 8.33. The van der Waals surface area contributed by atoms with Crippen LogP contribution >= 0.6 is 0 Å². The average molecular weight is 382 g/mol. The number of carbonyl (C=O) groups is 2. The van der Waals surface area contributed by atoms with E-state index < -0.39 is 16.0 Å². The van der Waals surface area contributed by atoms with Crippen LogP contribution in [0.15, 0.2) is 29.2 Å². The number of amides is 1. The smallest absolute Gasteiger partial charge is 0.335 e. The van der Waals surface area contributed by atoms with Crippen molar-refractivity contribution in [2.75, 3.05) is 32.8 Å². The lowest BCUT2D eigenvalue weighted by Crippen LogP contribution is -2.51. The zero-order chi connectivity index (χ0) is 18.9. The van der Waals surface area contributed by atoms with Gasteiger partial charge in [-0.3, -0.25) is 4.79 Å². The summed E-state index contributed by atoms with van der Waals surface area (Å²) in [6.07, 6.45) is 0.739. The zero-order valence-electron chi connectivity index (χ0n) is 14.5. The molecule has 142 valence electrons. The Hall–Kier alpha value is -1.97. The number of carbonyl (C=O) groups excluding carboxylic acids is 1. The van der Waals surface area contributed by atoms with Gasteiger partial charge in [-0.25, -0.2) is 13.2 Å². The molecule has 2 atom stereocenters. The molecule has 26 heavy (non-hydrogen) atoms. The van der Waals surface area contributed by atoms with Crippen LogP contribution < -0.4 is 0 Å². The molecule has 8 nitrogen and oxygen atoms in total. The maximum Gasteiger partial charge on any atom is 0.335 e. The Morgan fingerprint density at radius 1 is 1.15 bits per heavy atom. The zero-order valence-corrected chi connectivity index (χ0v) is 15.3. The first kappa shape index (κ1) is 18.8. The van der Waals surface area contributed by atoms with E-state index in [9.17, 15) is 18.0 Å². The van der Waals surface area contributed by atoms with Gasteiger partial charge in [-0.2, -0.15) is 4.31 Å². The average Bonchev–Trinajstić information content (AvgIpc) is 3.41. The molecular weight excluding hydrogens is 360 g/mol. The van der Waals surface area contributed by atoms with Crippen molar-refractivity contribution in [2.45, 2.75) is 24.3 Å². The predicted molar refractivity (Wildman–Crippen MR) is 92.3 cm³/mol. The minimum atomic E-state index is -3.70. The third-order valence-corrected chi connectivity index (χ3v) is 6.63. The number of piperazine rings is 1. The molecule has 0 aromatic heterocycles. The Kier molecular flexibility index (Phi) is 5.31. The van der Waals surface area contributed by atoms with Gasteiger partial charge in [0.15, 0.2) is 0 Å². The second-order valence-electron chi connectivity index (χ2n) is 6.39. The van der Waals surface area contributed by atoms with E-state index >= 15 is 0 Å². The van der Waals surface area contributed by atoms with Gasteiger partial charge in [-0.1, -0.05) is 0 Å². The molecule has 1 saturated heterocycles. The Morgan fingerprint density at radius 2 is 1.77 bits per heavy atom. The molecule has 1 aromatic carbocycles.